The molecule has 0 aliphatic heterocycles. The average Bonchev–Trinajstić information content (AvgIpc) is 2.67. The lowest BCUT2D eigenvalue weighted by Crippen LogP contribution is -2.36. The van der Waals surface area contributed by atoms with Crippen LogP contribution < -0.4 is 4.74 Å². The molecule has 1 amide bonds. The summed E-state index contributed by atoms with van der Waals surface area (Å²) in [7, 11) is 1.67. The van der Waals surface area contributed by atoms with Gasteiger partial charge in [0.05, 0.1) is 7.11 Å². The number of carbonyl (C=O) groups is 1. The van der Waals surface area contributed by atoms with Gasteiger partial charge in [0, 0.05) is 19.0 Å². The van der Waals surface area contributed by atoms with E-state index in [0.29, 0.717) is 13.1 Å². The SMILES string of the molecule is CCC(c1cccc(OC)c1)C(C)C(=O)N(CC)Cc1ccccc1. The van der Waals surface area contributed by atoms with Gasteiger partial charge in [-0.25, -0.2) is 0 Å². The van der Waals surface area contributed by atoms with Gasteiger partial charge in [-0.05, 0) is 42.5 Å². The van der Waals surface area contributed by atoms with Crippen LogP contribution in [0.5, 0.6) is 5.75 Å². The molecular weight excluding hydrogens is 310 g/mol. The fourth-order valence-electron chi connectivity index (χ4n) is 3.36. The van der Waals surface area contributed by atoms with Crippen LogP contribution in [-0.4, -0.2) is 24.5 Å². The smallest absolute Gasteiger partial charge is 0.226 e. The first-order chi connectivity index (χ1) is 12.1. The Balaban J connectivity index is 2.16. The molecule has 0 saturated carbocycles. The van der Waals surface area contributed by atoms with Gasteiger partial charge in [0.25, 0.3) is 0 Å². The molecule has 3 heteroatoms. The Morgan fingerprint density at radius 3 is 2.40 bits per heavy atom. The molecule has 3 nitrogen and oxygen atoms in total. The molecule has 2 rings (SSSR count). The fraction of sp³-hybridized carbons (Fsp3) is 0.409. The van der Waals surface area contributed by atoms with Crippen LogP contribution in [0.15, 0.2) is 54.6 Å². The molecule has 2 aromatic carbocycles. The molecule has 0 saturated heterocycles. The largest absolute Gasteiger partial charge is 0.497 e. The molecular formula is C22H29NO2. The molecule has 0 N–H and O–H groups in total. The Kier molecular flexibility index (Phi) is 7.05. The zero-order chi connectivity index (χ0) is 18.2. The number of rotatable bonds is 8. The van der Waals surface area contributed by atoms with E-state index in [-0.39, 0.29) is 17.7 Å². The summed E-state index contributed by atoms with van der Waals surface area (Å²) in [6, 6.07) is 18.2. The molecule has 2 atom stereocenters. The number of benzene rings is 2. The molecule has 0 radical (unpaired) electrons. The summed E-state index contributed by atoms with van der Waals surface area (Å²) in [4.78, 5) is 15.0. The molecule has 0 aliphatic rings. The van der Waals surface area contributed by atoms with Crippen LogP contribution in [0, 0.1) is 5.92 Å². The average molecular weight is 339 g/mol. The van der Waals surface area contributed by atoms with E-state index in [2.05, 4.69) is 25.1 Å². The summed E-state index contributed by atoms with van der Waals surface area (Å²) < 4.78 is 5.34. The topological polar surface area (TPSA) is 29.5 Å². The van der Waals surface area contributed by atoms with E-state index in [1.807, 2.05) is 55.1 Å². The van der Waals surface area contributed by atoms with Gasteiger partial charge in [0.2, 0.25) is 5.91 Å². The van der Waals surface area contributed by atoms with Crippen molar-refractivity contribution in [2.75, 3.05) is 13.7 Å². The van der Waals surface area contributed by atoms with Crippen LogP contribution in [0.25, 0.3) is 0 Å². The van der Waals surface area contributed by atoms with Crippen LogP contribution in [0.3, 0.4) is 0 Å². The number of amides is 1. The molecule has 2 aromatic rings. The maximum absolute atomic E-state index is 13.1. The molecule has 0 aromatic heterocycles. The lowest BCUT2D eigenvalue weighted by molar-refractivity contribution is -0.136. The van der Waals surface area contributed by atoms with E-state index in [4.69, 9.17) is 4.74 Å². The van der Waals surface area contributed by atoms with E-state index in [1.165, 1.54) is 11.1 Å². The highest BCUT2D eigenvalue weighted by molar-refractivity contribution is 5.79. The maximum Gasteiger partial charge on any atom is 0.226 e. The van der Waals surface area contributed by atoms with Crippen LogP contribution in [0.1, 0.15) is 44.2 Å². The molecule has 25 heavy (non-hydrogen) atoms. The Hall–Kier alpha value is -2.29. The van der Waals surface area contributed by atoms with E-state index < -0.39 is 0 Å². The number of hydrogen-bond donors (Lipinski definition) is 0. The first-order valence-corrected chi connectivity index (χ1v) is 9.07. The molecule has 0 heterocycles. The number of carbonyl (C=O) groups excluding carboxylic acids is 1. The number of methoxy groups -OCH3 is 1. The van der Waals surface area contributed by atoms with Gasteiger partial charge in [-0.3, -0.25) is 4.79 Å². The fourth-order valence-corrected chi connectivity index (χ4v) is 3.36. The lowest BCUT2D eigenvalue weighted by Gasteiger charge is -2.29. The number of nitrogens with zero attached hydrogens (tertiary/aromatic N) is 1. The minimum Gasteiger partial charge on any atom is -0.497 e. The quantitative estimate of drug-likeness (QED) is 0.686. The van der Waals surface area contributed by atoms with Gasteiger partial charge >= 0.3 is 0 Å². The summed E-state index contributed by atoms with van der Waals surface area (Å²) in [5, 5.41) is 0. The van der Waals surface area contributed by atoms with Crippen LogP contribution in [0.4, 0.5) is 0 Å². The molecule has 0 aliphatic carbocycles. The Morgan fingerprint density at radius 2 is 1.80 bits per heavy atom. The first-order valence-electron chi connectivity index (χ1n) is 9.07. The number of hydrogen-bond acceptors (Lipinski definition) is 2. The van der Waals surface area contributed by atoms with Crippen molar-refractivity contribution < 1.29 is 9.53 Å². The van der Waals surface area contributed by atoms with Gasteiger partial charge in [-0.1, -0.05) is 56.3 Å². The van der Waals surface area contributed by atoms with Crippen LogP contribution in [0.2, 0.25) is 0 Å². The normalized spacial score (nSPS) is 13.1. The highest BCUT2D eigenvalue weighted by Crippen LogP contribution is 2.31. The third-order valence-electron chi connectivity index (χ3n) is 4.86. The highest BCUT2D eigenvalue weighted by atomic mass is 16.5. The van der Waals surface area contributed by atoms with Gasteiger partial charge in [0.15, 0.2) is 0 Å². The second-order valence-electron chi connectivity index (χ2n) is 6.42. The van der Waals surface area contributed by atoms with E-state index in [0.717, 1.165) is 12.2 Å². The summed E-state index contributed by atoms with van der Waals surface area (Å²) in [6.45, 7) is 7.60. The second kappa shape index (κ2) is 9.26. The van der Waals surface area contributed by atoms with Crippen molar-refractivity contribution in [3.8, 4) is 5.75 Å². The highest BCUT2D eigenvalue weighted by Gasteiger charge is 2.27. The van der Waals surface area contributed by atoms with E-state index in [1.54, 1.807) is 7.11 Å². The Bertz CT molecular complexity index is 669. The van der Waals surface area contributed by atoms with Gasteiger partial charge in [0.1, 0.15) is 5.75 Å². The standard InChI is InChI=1S/C22H29NO2/c1-5-21(19-13-10-14-20(15-19)25-4)17(3)22(24)23(6-2)16-18-11-8-7-9-12-18/h7-15,17,21H,5-6,16H2,1-4H3. The van der Waals surface area contributed by atoms with Gasteiger partial charge in [-0.2, -0.15) is 0 Å². The zero-order valence-electron chi connectivity index (χ0n) is 15.7. The van der Waals surface area contributed by atoms with Crippen molar-refractivity contribution in [2.24, 2.45) is 5.92 Å². The second-order valence-corrected chi connectivity index (χ2v) is 6.42. The zero-order valence-corrected chi connectivity index (χ0v) is 15.7. The van der Waals surface area contributed by atoms with E-state index >= 15 is 0 Å². The molecule has 0 spiro atoms. The monoisotopic (exact) mass is 339 g/mol. The minimum atomic E-state index is -0.0687. The van der Waals surface area contributed by atoms with Crippen molar-refractivity contribution in [1.29, 1.82) is 0 Å². The summed E-state index contributed by atoms with van der Waals surface area (Å²) in [5.41, 5.74) is 2.33. The van der Waals surface area contributed by atoms with Crippen molar-refractivity contribution in [1.82, 2.24) is 4.90 Å². The van der Waals surface area contributed by atoms with Gasteiger partial charge in [-0.15, -0.1) is 0 Å². The summed E-state index contributed by atoms with van der Waals surface area (Å²) in [6.07, 6.45) is 0.920. The van der Waals surface area contributed by atoms with Gasteiger partial charge < -0.3 is 9.64 Å². The third kappa shape index (κ3) is 4.85. The number of ether oxygens (including phenoxy) is 1. The van der Waals surface area contributed by atoms with Crippen molar-refractivity contribution in [3.05, 3.63) is 65.7 Å². The molecule has 0 bridgehead atoms. The van der Waals surface area contributed by atoms with Crippen molar-refractivity contribution in [3.63, 3.8) is 0 Å². The van der Waals surface area contributed by atoms with Crippen molar-refractivity contribution in [2.45, 2.75) is 39.7 Å². The summed E-state index contributed by atoms with van der Waals surface area (Å²) in [5.74, 6) is 1.17. The minimum absolute atomic E-state index is 0.0687. The lowest BCUT2D eigenvalue weighted by atomic mass is 9.84. The predicted molar refractivity (Wildman–Crippen MR) is 103 cm³/mol. The maximum atomic E-state index is 13.1. The molecule has 0 fully saturated rings. The predicted octanol–water partition coefficient (Wildman–Crippen LogP) is 4.87. The van der Waals surface area contributed by atoms with Crippen LogP contribution in [-0.2, 0) is 11.3 Å². The third-order valence-corrected chi connectivity index (χ3v) is 4.86. The molecule has 134 valence electrons. The Labute approximate surface area is 151 Å². The van der Waals surface area contributed by atoms with E-state index in [9.17, 15) is 4.79 Å². The van der Waals surface area contributed by atoms with Crippen molar-refractivity contribution >= 4 is 5.91 Å². The van der Waals surface area contributed by atoms with Crippen LogP contribution >= 0.6 is 0 Å². The Morgan fingerprint density at radius 1 is 1.08 bits per heavy atom. The first kappa shape index (κ1) is 19.0. The summed E-state index contributed by atoms with van der Waals surface area (Å²) >= 11 is 0. The molecule has 2 unspecified atom stereocenters.